The number of anilines is 1. The third-order valence-corrected chi connectivity index (χ3v) is 7.41. The summed E-state index contributed by atoms with van der Waals surface area (Å²) in [5.74, 6) is -0.407. The number of hydrogen-bond donors (Lipinski definition) is 1. The monoisotopic (exact) mass is 505 g/mol. The normalized spacial score (nSPS) is 13.7. The maximum atomic E-state index is 13.9. The van der Waals surface area contributed by atoms with E-state index in [4.69, 9.17) is 4.74 Å². The molecule has 0 radical (unpaired) electrons. The van der Waals surface area contributed by atoms with Gasteiger partial charge in [0.15, 0.2) is 15.4 Å². The lowest BCUT2D eigenvalue weighted by atomic mass is 9.94. The van der Waals surface area contributed by atoms with E-state index in [9.17, 15) is 26.4 Å². The van der Waals surface area contributed by atoms with Crippen LogP contribution in [0.1, 0.15) is 30.5 Å². The predicted molar refractivity (Wildman–Crippen MR) is 128 cm³/mol. The van der Waals surface area contributed by atoms with Crippen LogP contribution in [-0.4, -0.2) is 26.3 Å². The minimum atomic E-state index is -4.66. The largest absolute Gasteiger partial charge is 0.421 e. The fourth-order valence-corrected chi connectivity index (χ4v) is 4.26. The smallest absolute Gasteiger partial charge is 0.356 e. The highest BCUT2D eigenvalue weighted by Crippen LogP contribution is 2.42. The Bertz CT molecular complexity index is 1240. The first-order valence-corrected chi connectivity index (χ1v) is 12.6. The minimum Gasteiger partial charge on any atom is -0.356 e. The molecule has 3 rings (SSSR count). The first-order chi connectivity index (χ1) is 16.4. The van der Waals surface area contributed by atoms with E-state index in [-0.39, 0.29) is 35.1 Å². The summed E-state index contributed by atoms with van der Waals surface area (Å²) in [5, 5.41) is 2.64. The van der Waals surface area contributed by atoms with Gasteiger partial charge >= 0.3 is 6.18 Å². The molecule has 3 aromatic rings. The molecule has 0 heterocycles. The van der Waals surface area contributed by atoms with Gasteiger partial charge in [-0.2, -0.15) is 13.2 Å². The summed E-state index contributed by atoms with van der Waals surface area (Å²) in [7, 11) is -3.33. The van der Waals surface area contributed by atoms with E-state index in [1.165, 1.54) is 36.4 Å². The Balaban J connectivity index is 1.68. The number of nitrogens with one attached hydrogen (secondary N) is 1. The van der Waals surface area contributed by atoms with Crippen LogP contribution in [0.15, 0.2) is 83.8 Å². The number of carbonyl (C=O) groups excluding carboxylic acids is 1. The molecule has 0 spiro atoms. The van der Waals surface area contributed by atoms with E-state index in [1.807, 2.05) is 0 Å². The molecule has 1 atom stereocenters. The average molecular weight is 506 g/mol. The molecule has 0 aromatic heterocycles. The molecule has 9 heteroatoms. The molecule has 0 aliphatic heterocycles. The first kappa shape index (κ1) is 26.4. The summed E-state index contributed by atoms with van der Waals surface area (Å²) >= 11 is 0. The molecule has 0 aliphatic rings. The Labute approximate surface area is 202 Å². The molecular formula is C26H26F3NO4S. The summed E-state index contributed by atoms with van der Waals surface area (Å²) in [6.45, 7) is 2.31. The van der Waals surface area contributed by atoms with E-state index in [2.05, 4.69) is 5.32 Å². The number of carbonyl (C=O) groups is 1. The van der Waals surface area contributed by atoms with E-state index >= 15 is 0 Å². The van der Waals surface area contributed by atoms with Gasteiger partial charge in [-0.15, -0.1) is 0 Å². The second-order valence-corrected chi connectivity index (χ2v) is 10.4. The Morgan fingerprint density at radius 2 is 1.49 bits per heavy atom. The molecular weight excluding hydrogens is 479 g/mol. The van der Waals surface area contributed by atoms with E-state index in [0.717, 1.165) is 6.92 Å². The molecule has 1 N–H and O–H groups in total. The highest BCUT2D eigenvalue weighted by molar-refractivity contribution is 7.91. The van der Waals surface area contributed by atoms with Gasteiger partial charge in [0.2, 0.25) is 5.91 Å². The second kappa shape index (κ2) is 10.6. The number of sulfone groups is 1. The van der Waals surface area contributed by atoms with Crippen molar-refractivity contribution in [3.8, 4) is 0 Å². The van der Waals surface area contributed by atoms with Gasteiger partial charge in [-0.05, 0) is 47.9 Å². The lowest BCUT2D eigenvalue weighted by molar-refractivity contribution is -0.281. The molecule has 0 fully saturated rings. The lowest BCUT2D eigenvalue weighted by Gasteiger charge is -2.32. The molecule has 3 aromatic carbocycles. The van der Waals surface area contributed by atoms with E-state index in [1.54, 1.807) is 49.4 Å². The summed E-state index contributed by atoms with van der Waals surface area (Å²) in [6.07, 6.45) is -4.68. The van der Waals surface area contributed by atoms with Crippen molar-refractivity contribution in [2.24, 2.45) is 0 Å². The van der Waals surface area contributed by atoms with Gasteiger partial charge in [-0.25, -0.2) is 8.42 Å². The fraction of sp³-hybridized carbons (Fsp3) is 0.269. The van der Waals surface area contributed by atoms with Gasteiger partial charge in [-0.1, -0.05) is 61.5 Å². The van der Waals surface area contributed by atoms with Crippen LogP contribution in [0.5, 0.6) is 0 Å². The van der Waals surface area contributed by atoms with Crippen LogP contribution in [0.4, 0.5) is 18.9 Å². The van der Waals surface area contributed by atoms with Crippen molar-refractivity contribution in [2.75, 3.05) is 11.1 Å². The van der Waals surface area contributed by atoms with Crippen molar-refractivity contribution in [1.29, 1.82) is 0 Å². The van der Waals surface area contributed by atoms with Crippen molar-refractivity contribution >= 4 is 21.4 Å². The molecule has 0 saturated carbocycles. The maximum absolute atomic E-state index is 13.9. The number of hydrogen-bond acceptors (Lipinski definition) is 4. The lowest BCUT2D eigenvalue weighted by Crippen LogP contribution is -2.42. The average Bonchev–Trinajstić information content (AvgIpc) is 2.83. The number of ether oxygens (including phenoxy) is 1. The van der Waals surface area contributed by atoms with Crippen molar-refractivity contribution in [3.63, 3.8) is 0 Å². The first-order valence-electron chi connectivity index (χ1n) is 10.9. The van der Waals surface area contributed by atoms with Crippen LogP contribution in [0.2, 0.25) is 0 Å². The van der Waals surface area contributed by atoms with Gasteiger partial charge in [0.1, 0.15) is 0 Å². The SMILES string of the molecule is CCS(=O)(=O)c1ccc(CC(=O)Nc2ccc(C(C)(OCc3ccccc3)C(F)(F)F)cc2)cc1. The van der Waals surface area contributed by atoms with Crippen LogP contribution in [0, 0.1) is 0 Å². The molecule has 5 nitrogen and oxygen atoms in total. The summed E-state index contributed by atoms with van der Waals surface area (Å²) in [5.41, 5.74) is -1.07. The highest BCUT2D eigenvalue weighted by atomic mass is 32.2. The molecule has 0 saturated heterocycles. The van der Waals surface area contributed by atoms with Crippen LogP contribution in [0.25, 0.3) is 0 Å². The zero-order chi connectivity index (χ0) is 25.7. The Hall–Kier alpha value is -3.17. The number of rotatable bonds is 9. The van der Waals surface area contributed by atoms with Crippen LogP contribution < -0.4 is 5.32 Å². The van der Waals surface area contributed by atoms with Gasteiger partial charge in [0, 0.05) is 5.69 Å². The van der Waals surface area contributed by atoms with Crippen LogP contribution in [-0.2, 0) is 38.0 Å². The molecule has 186 valence electrons. The molecule has 1 unspecified atom stereocenters. The van der Waals surface area contributed by atoms with E-state index < -0.39 is 21.6 Å². The molecule has 1 amide bonds. The third kappa shape index (κ3) is 6.49. The van der Waals surface area contributed by atoms with Gasteiger partial charge in [-0.3, -0.25) is 4.79 Å². The standard InChI is InChI=1S/C26H26F3NO4S/c1-3-35(32,33)23-15-9-19(10-16-23)17-24(31)30-22-13-11-21(12-14-22)25(2,26(27,28)29)34-18-20-7-5-4-6-8-20/h4-16H,3,17-18H2,1-2H3,(H,30,31). The summed E-state index contributed by atoms with van der Waals surface area (Å²) < 4.78 is 70.9. The van der Waals surface area contributed by atoms with Crippen molar-refractivity contribution < 1.29 is 31.1 Å². The zero-order valence-electron chi connectivity index (χ0n) is 19.3. The van der Waals surface area contributed by atoms with Crippen molar-refractivity contribution in [2.45, 2.75) is 43.5 Å². The predicted octanol–water partition coefficient (Wildman–Crippen LogP) is 5.66. The Kier molecular flexibility index (Phi) is 8.02. The van der Waals surface area contributed by atoms with Gasteiger partial charge < -0.3 is 10.1 Å². The van der Waals surface area contributed by atoms with E-state index in [0.29, 0.717) is 16.8 Å². The Morgan fingerprint density at radius 1 is 0.886 bits per heavy atom. The van der Waals surface area contributed by atoms with Gasteiger partial charge in [0.05, 0.1) is 23.7 Å². The van der Waals surface area contributed by atoms with Crippen molar-refractivity contribution in [3.05, 3.63) is 95.6 Å². The minimum absolute atomic E-state index is 0.0192. The van der Waals surface area contributed by atoms with Crippen LogP contribution >= 0.6 is 0 Å². The molecule has 35 heavy (non-hydrogen) atoms. The summed E-state index contributed by atoms with van der Waals surface area (Å²) in [4.78, 5) is 12.6. The van der Waals surface area contributed by atoms with Crippen LogP contribution in [0.3, 0.4) is 0 Å². The Morgan fingerprint density at radius 3 is 2.03 bits per heavy atom. The zero-order valence-corrected chi connectivity index (χ0v) is 20.1. The topological polar surface area (TPSA) is 72.5 Å². The number of amides is 1. The maximum Gasteiger partial charge on any atom is 0.421 e. The molecule has 0 aliphatic carbocycles. The van der Waals surface area contributed by atoms with Gasteiger partial charge in [0.25, 0.3) is 0 Å². The van der Waals surface area contributed by atoms with Crippen molar-refractivity contribution in [1.82, 2.24) is 0 Å². The number of alkyl halides is 3. The summed E-state index contributed by atoms with van der Waals surface area (Å²) in [6, 6.07) is 19.9. The fourth-order valence-electron chi connectivity index (χ4n) is 3.37. The number of benzene rings is 3. The quantitative estimate of drug-likeness (QED) is 0.408. The molecule has 0 bridgehead atoms. The number of halogens is 3. The highest BCUT2D eigenvalue weighted by Gasteiger charge is 2.53. The second-order valence-electron chi connectivity index (χ2n) is 8.15. The third-order valence-electron chi connectivity index (χ3n) is 5.66.